The van der Waals surface area contributed by atoms with E-state index >= 15 is 0 Å². The van der Waals surface area contributed by atoms with E-state index < -0.39 is 46.5 Å². The number of carbonyl (C=O) groups is 2. The van der Waals surface area contributed by atoms with E-state index in [1.165, 1.54) is 36.1 Å². The van der Waals surface area contributed by atoms with Gasteiger partial charge in [0, 0.05) is 18.3 Å². The van der Waals surface area contributed by atoms with Gasteiger partial charge in [0.25, 0.3) is 0 Å². The fraction of sp³-hybridized carbons (Fsp3) is 0.619. The quantitative estimate of drug-likeness (QED) is 0.311. The third-order valence-corrected chi connectivity index (χ3v) is 4.77. The molecule has 1 amide bonds. The number of carbonyl (C=O) groups excluding carboxylic acids is 2. The molecule has 1 aromatic rings. The van der Waals surface area contributed by atoms with E-state index in [9.17, 15) is 24.8 Å². The average molecular weight is 438 g/mol. The van der Waals surface area contributed by atoms with Crippen LogP contribution in [0.2, 0.25) is 0 Å². The molecule has 0 saturated carbocycles. The Kier molecular flexibility index (Phi) is 7.28. The highest BCUT2D eigenvalue weighted by Crippen LogP contribution is 2.34. The van der Waals surface area contributed by atoms with Crippen LogP contribution in [0.5, 0.6) is 5.75 Å². The Labute approximate surface area is 181 Å². The Morgan fingerprint density at radius 2 is 2.03 bits per heavy atom. The zero-order valence-electron chi connectivity index (χ0n) is 18.7. The van der Waals surface area contributed by atoms with Crippen molar-refractivity contribution in [1.82, 2.24) is 4.90 Å². The van der Waals surface area contributed by atoms with Crippen LogP contribution >= 0.6 is 0 Å². The molecule has 1 aliphatic heterocycles. The molecule has 1 heterocycles. The van der Waals surface area contributed by atoms with Gasteiger partial charge < -0.3 is 19.3 Å². The number of amides is 1. The van der Waals surface area contributed by atoms with Gasteiger partial charge in [-0.25, -0.2) is 4.79 Å². The minimum absolute atomic E-state index is 0.0663. The topological polar surface area (TPSA) is 128 Å². The SMILES string of the molecule is CC(=O)Oc1cccc(C(O)C(C[C@@H]2COC(C)(C)N2C(=O)OC(C)(C)C)[N+](=O)[O-])c1. The van der Waals surface area contributed by atoms with E-state index in [1.54, 1.807) is 34.6 Å². The van der Waals surface area contributed by atoms with Crippen LogP contribution in [0.25, 0.3) is 0 Å². The molecule has 1 N–H and O–H groups in total. The van der Waals surface area contributed by atoms with Crippen LogP contribution < -0.4 is 4.74 Å². The molecule has 10 nitrogen and oxygen atoms in total. The van der Waals surface area contributed by atoms with Gasteiger partial charge in [0.15, 0.2) is 0 Å². The standard InChI is InChI=1S/C21H30N2O8/c1-13(24)30-16-9-7-8-14(10-16)18(25)17(23(27)28)11-15-12-29-21(5,6)22(15)19(26)31-20(2,3)4/h7-10,15,17-18,25H,11-12H2,1-6H3/t15-,17?,18?/m1/s1. The number of aliphatic hydroxyl groups is 1. The first-order valence-electron chi connectivity index (χ1n) is 9.97. The maximum absolute atomic E-state index is 12.8. The molecule has 3 atom stereocenters. The van der Waals surface area contributed by atoms with Crippen LogP contribution in [0.3, 0.4) is 0 Å². The van der Waals surface area contributed by atoms with E-state index in [0.717, 1.165) is 0 Å². The second-order valence-corrected chi connectivity index (χ2v) is 8.96. The van der Waals surface area contributed by atoms with E-state index in [1.807, 2.05) is 0 Å². The van der Waals surface area contributed by atoms with Gasteiger partial charge in [-0.3, -0.25) is 19.8 Å². The largest absolute Gasteiger partial charge is 0.444 e. The summed E-state index contributed by atoms with van der Waals surface area (Å²) in [5.74, 6) is -0.373. The van der Waals surface area contributed by atoms with E-state index in [-0.39, 0.29) is 24.3 Å². The van der Waals surface area contributed by atoms with E-state index in [0.29, 0.717) is 0 Å². The lowest BCUT2D eigenvalue weighted by atomic mass is 9.96. The number of benzene rings is 1. The average Bonchev–Trinajstić information content (AvgIpc) is 2.91. The molecule has 10 heteroatoms. The number of esters is 1. The first kappa shape index (κ1) is 24.5. The van der Waals surface area contributed by atoms with Crippen LogP contribution in [0.15, 0.2) is 24.3 Å². The molecule has 1 fully saturated rings. The molecule has 0 radical (unpaired) electrons. The Morgan fingerprint density at radius 1 is 1.39 bits per heavy atom. The highest BCUT2D eigenvalue weighted by Gasteiger charge is 2.48. The van der Waals surface area contributed by atoms with Gasteiger partial charge in [0.1, 0.15) is 23.2 Å². The molecular weight excluding hydrogens is 408 g/mol. The molecule has 1 saturated heterocycles. The third kappa shape index (κ3) is 6.38. The maximum atomic E-state index is 12.8. The molecule has 172 valence electrons. The van der Waals surface area contributed by atoms with Crippen LogP contribution in [0, 0.1) is 10.1 Å². The summed E-state index contributed by atoms with van der Waals surface area (Å²) in [6, 6.07) is 3.82. The van der Waals surface area contributed by atoms with Crippen LogP contribution in [0.1, 0.15) is 59.6 Å². The lowest BCUT2D eigenvalue weighted by Crippen LogP contribution is -2.51. The fourth-order valence-electron chi connectivity index (χ4n) is 3.50. The highest BCUT2D eigenvalue weighted by molar-refractivity contribution is 5.70. The molecule has 0 spiro atoms. The summed E-state index contributed by atoms with van der Waals surface area (Å²) in [5.41, 5.74) is -1.55. The van der Waals surface area contributed by atoms with Gasteiger partial charge >= 0.3 is 12.1 Å². The third-order valence-electron chi connectivity index (χ3n) is 4.77. The van der Waals surface area contributed by atoms with Gasteiger partial charge in [-0.1, -0.05) is 12.1 Å². The van der Waals surface area contributed by atoms with Crippen molar-refractivity contribution in [2.75, 3.05) is 6.61 Å². The summed E-state index contributed by atoms with van der Waals surface area (Å²) in [7, 11) is 0. The van der Waals surface area contributed by atoms with Crippen LogP contribution in [-0.4, -0.2) is 57.0 Å². The van der Waals surface area contributed by atoms with Crippen molar-refractivity contribution in [2.45, 2.75) is 77.5 Å². The van der Waals surface area contributed by atoms with Crippen molar-refractivity contribution in [3.8, 4) is 5.75 Å². The predicted molar refractivity (Wildman–Crippen MR) is 110 cm³/mol. The Morgan fingerprint density at radius 3 is 2.58 bits per heavy atom. The molecule has 1 aromatic carbocycles. The molecule has 2 rings (SSSR count). The van der Waals surface area contributed by atoms with Gasteiger partial charge in [0.2, 0.25) is 6.04 Å². The predicted octanol–water partition coefficient (Wildman–Crippen LogP) is 3.05. The fourth-order valence-corrected chi connectivity index (χ4v) is 3.50. The zero-order chi connectivity index (χ0) is 23.6. The van der Waals surface area contributed by atoms with Gasteiger partial charge in [0.05, 0.1) is 12.6 Å². The van der Waals surface area contributed by atoms with Crippen molar-refractivity contribution < 1.29 is 33.8 Å². The van der Waals surface area contributed by atoms with E-state index in [2.05, 4.69) is 0 Å². The van der Waals surface area contributed by atoms with Crippen molar-refractivity contribution in [3.05, 3.63) is 39.9 Å². The van der Waals surface area contributed by atoms with Gasteiger partial charge in [-0.2, -0.15) is 0 Å². The first-order valence-corrected chi connectivity index (χ1v) is 9.97. The number of ether oxygens (including phenoxy) is 3. The summed E-state index contributed by atoms with van der Waals surface area (Å²) in [4.78, 5) is 36.5. The number of rotatable bonds is 6. The van der Waals surface area contributed by atoms with Crippen molar-refractivity contribution >= 4 is 12.1 Å². The summed E-state index contributed by atoms with van der Waals surface area (Å²) >= 11 is 0. The Balaban J connectivity index is 2.26. The number of nitrogens with zero attached hydrogens (tertiary/aromatic N) is 2. The van der Waals surface area contributed by atoms with Crippen LogP contribution in [-0.2, 0) is 14.3 Å². The second-order valence-electron chi connectivity index (χ2n) is 8.96. The minimum atomic E-state index is -1.49. The Hall–Kier alpha value is -2.72. The monoisotopic (exact) mass is 438 g/mol. The Bertz CT molecular complexity index is 833. The lowest BCUT2D eigenvalue weighted by Gasteiger charge is -2.35. The highest BCUT2D eigenvalue weighted by atomic mass is 16.6. The molecule has 1 aliphatic rings. The summed E-state index contributed by atoms with van der Waals surface area (Å²) in [6.07, 6.45) is -2.29. The normalized spacial score (nSPS) is 20.1. The van der Waals surface area contributed by atoms with Gasteiger partial charge in [-0.05, 0) is 52.3 Å². The number of hydrogen-bond acceptors (Lipinski definition) is 8. The summed E-state index contributed by atoms with van der Waals surface area (Å²) in [6.45, 7) is 9.83. The summed E-state index contributed by atoms with van der Waals surface area (Å²) < 4.78 is 16.1. The minimum Gasteiger partial charge on any atom is -0.444 e. The molecule has 0 bridgehead atoms. The first-order chi connectivity index (χ1) is 14.2. The molecule has 2 unspecified atom stereocenters. The zero-order valence-corrected chi connectivity index (χ0v) is 18.7. The number of hydrogen-bond donors (Lipinski definition) is 1. The summed E-state index contributed by atoms with van der Waals surface area (Å²) in [5, 5.41) is 22.6. The van der Waals surface area contributed by atoms with Crippen LogP contribution in [0.4, 0.5) is 4.79 Å². The van der Waals surface area contributed by atoms with Gasteiger partial charge in [-0.15, -0.1) is 0 Å². The second kappa shape index (κ2) is 9.19. The van der Waals surface area contributed by atoms with E-state index in [4.69, 9.17) is 14.2 Å². The van der Waals surface area contributed by atoms with Crippen molar-refractivity contribution in [2.24, 2.45) is 0 Å². The van der Waals surface area contributed by atoms with Crippen molar-refractivity contribution in [1.29, 1.82) is 0 Å². The molecule has 31 heavy (non-hydrogen) atoms. The number of nitro groups is 1. The lowest BCUT2D eigenvalue weighted by molar-refractivity contribution is -0.537. The molecule has 0 aromatic heterocycles. The van der Waals surface area contributed by atoms with Crippen molar-refractivity contribution in [3.63, 3.8) is 0 Å². The number of aliphatic hydroxyl groups excluding tert-OH is 1. The maximum Gasteiger partial charge on any atom is 0.412 e. The smallest absolute Gasteiger partial charge is 0.412 e. The molecular formula is C21H30N2O8. The molecule has 0 aliphatic carbocycles.